The number of amides is 1. The molecule has 0 aliphatic carbocycles. The highest BCUT2D eigenvalue weighted by molar-refractivity contribution is 6.29. The van der Waals surface area contributed by atoms with E-state index in [1.165, 1.54) is 6.42 Å². The highest BCUT2D eigenvalue weighted by atomic mass is 35.5. The van der Waals surface area contributed by atoms with Crippen molar-refractivity contribution in [2.75, 3.05) is 13.1 Å². The van der Waals surface area contributed by atoms with Crippen LogP contribution in [0.25, 0.3) is 0 Å². The van der Waals surface area contributed by atoms with Crippen LogP contribution in [0.3, 0.4) is 0 Å². The van der Waals surface area contributed by atoms with Crippen molar-refractivity contribution in [1.29, 1.82) is 0 Å². The lowest BCUT2D eigenvalue weighted by Crippen LogP contribution is -2.44. The average Bonchev–Trinajstić information content (AvgIpc) is 2.66. The fraction of sp³-hybridized carbons (Fsp3) is 0.500. The van der Waals surface area contributed by atoms with Crippen LogP contribution in [0.2, 0.25) is 5.22 Å². The van der Waals surface area contributed by atoms with Crippen LogP contribution in [0.5, 0.6) is 0 Å². The molecule has 1 amide bonds. The number of hydrazine groups is 1. The zero-order valence-corrected chi connectivity index (χ0v) is 9.09. The number of halogens is 1. The number of carbonyl (C=O) groups is 1. The second kappa shape index (κ2) is 4.68. The molecule has 2 heterocycles. The molecule has 5 heteroatoms. The molecular weight excluding hydrogens is 216 g/mol. The SMILES string of the molecule is O=C(NN1CCCCC1)c1ccc(Cl)o1. The number of piperidine rings is 1. The molecule has 0 unspecified atom stereocenters. The van der Waals surface area contributed by atoms with Crippen molar-refractivity contribution in [3.05, 3.63) is 23.1 Å². The molecule has 1 aromatic rings. The number of carbonyl (C=O) groups excluding carboxylic acids is 1. The molecule has 1 fully saturated rings. The first kappa shape index (κ1) is 10.5. The van der Waals surface area contributed by atoms with Crippen LogP contribution in [0.1, 0.15) is 29.8 Å². The normalized spacial score (nSPS) is 17.7. The van der Waals surface area contributed by atoms with Gasteiger partial charge in [-0.2, -0.15) is 0 Å². The maximum atomic E-state index is 11.6. The van der Waals surface area contributed by atoms with Crippen LogP contribution in [-0.4, -0.2) is 24.0 Å². The summed E-state index contributed by atoms with van der Waals surface area (Å²) >= 11 is 5.59. The Kier molecular flexibility index (Phi) is 3.28. The molecule has 0 radical (unpaired) electrons. The molecule has 0 atom stereocenters. The minimum absolute atomic E-state index is 0.233. The van der Waals surface area contributed by atoms with Crippen LogP contribution >= 0.6 is 11.6 Å². The van der Waals surface area contributed by atoms with Crippen molar-refractivity contribution < 1.29 is 9.21 Å². The van der Waals surface area contributed by atoms with Gasteiger partial charge in [0.05, 0.1) is 0 Å². The number of hydrogen-bond donors (Lipinski definition) is 1. The second-order valence-corrected chi connectivity index (χ2v) is 3.96. The van der Waals surface area contributed by atoms with Crippen molar-refractivity contribution in [2.45, 2.75) is 19.3 Å². The first-order chi connectivity index (χ1) is 7.25. The molecule has 1 saturated heterocycles. The molecule has 0 spiro atoms. The maximum Gasteiger partial charge on any atom is 0.301 e. The Hall–Kier alpha value is -1.00. The zero-order chi connectivity index (χ0) is 10.7. The Morgan fingerprint density at radius 3 is 2.67 bits per heavy atom. The van der Waals surface area contributed by atoms with Crippen LogP contribution < -0.4 is 5.43 Å². The number of furan rings is 1. The van der Waals surface area contributed by atoms with Crippen molar-refractivity contribution in [2.24, 2.45) is 0 Å². The summed E-state index contributed by atoms with van der Waals surface area (Å²) in [7, 11) is 0. The predicted molar refractivity (Wildman–Crippen MR) is 56.6 cm³/mol. The quantitative estimate of drug-likeness (QED) is 0.843. The Morgan fingerprint density at radius 1 is 1.33 bits per heavy atom. The van der Waals surface area contributed by atoms with Gasteiger partial charge in [-0.15, -0.1) is 0 Å². The third-order valence-electron chi connectivity index (χ3n) is 2.41. The lowest BCUT2D eigenvalue weighted by molar-refractivity contribution is 0.0721. The molecule has 0 saturated carbocycles. The van der Waals surface area contributed by atoms with E-state index in [1.807, 2.05) is 5.01 Å². The lowest BCUT2D eigenvalue weighted by atomic mass is 10.2. The summed E-state index contributed by atoms with van der Waals surface area (Å²) in [6, 6.07) is 3.13. The monoisotopic (exact) mass is 228 g/mol. The van der Waals surface area contributed by atoms with E-state index in [1.54, 1.807) is 12.1 Å². The maximum absolute atomic E-state index is 11.6. The summed E-state index contributed by atoms with van der Waals surface area (Å²) in [6.45, 7) is 1.81. The van der Waals surface area contributed by atoms with Crippen molar-refractivity contribution in [1.82, 2.24) is 10.4 Å². The van der Waals surface area contributed by atoms with Gasteiger partial charge in [0, 0.05) is 13.1 Å². The smallest absolute Gasteiger partial charge is 0.301 e. The molecule has 15 heavy (non-hydrogen) atoms. The minimum Gasteiger partial charge on any atom is -0.440 e. The van der Waals surface area contributed by atoms with E-state index in [4.69, 9.17) is 16.0 Å². The first-order valence-corrected chi connectivity index (χ1v) is 5.45. The highest BCUT2D eigenvalue weighted by Gasteiger charge is 2.16. The minimum atomic E-state index is -0.233. The largest absolute Gasteiger partial charge is 0.440 e. The van der Waals surface area contributed by atoms with Gasteiger partial charge in [0.15, 0.2) is 11.0 Å². The van der Waals surface area contributed by atoms with Gasteiger partial charge in [0.25, 0.3) is 0 Å². The van der Waals surface area contributed by atoms with Gasteiger partial charge < -0.3 is 4.42 Å². The molecule has 0 aromatic carbocycles. The molecule has 2 rings (SSSR count). The summed E-state index contributed by atoms with van der Waals surface area (Å²) in [5.74, 6) is 0.0226. The van der Waals surface area contributed by atoms with Gasteiger partial charge in [-0.3, -0.25) is 10.2 Å². The van der Waals surface area contributed by atoms with E-state index in [0.717, 1.165) is 25.9 Å². The Balaban J connectivity index is 1.91. The van der Waals surface area contributed by atoms with Crippen LogP contribution in [0, 0.1) is 0 Å². The number of nitrogens with one attached hydrogen (secondary N) is 1. The Bertz CT molecular complexity index is 345. The lowest BCUT2D eigenvalue weighted by Gasteiger charge is -2.26. The first-order valence-electron chi connectivity index (χ1n) is 5.07. The molecular formula is C10H13ClN2O2. The van der Waals surface area contributed by atoms with E-state index in [2.05, 4.69) is 5.43 Å². The van der Waals surface area contributed by atoms with E-state index in [0.29, 0.717) is 0 Å². The van der Waals surface area contributed by atoms with E-state index >= 15 is 0 Å². The molecule has 1 aliphatic heterocycles. The Morgan fingerprint density at radius 2 is 2.07 bits per heavy atom. The van der Waals surface area contributed by atoms with Gasteiger partial charge in [0.1, 0.15) is 0 Å². The summed E-state index contributed by atoms with van der Waals surface area (Å²) < 4.78 is 5.01. The third kappa shape index (κ3) is 2.73. The number of rotatable bonds is 2. The molecule has 4 nitrogen and oxygen atoms in total. The number of nitrogens with zero attached hydrogens (tertiary/aromatic N) is 1. The van der Waals surface area contributed by atoms with Crippen molar-refractivity contribution in [3.63, 3.8) is 0 Å². The highest BCUT2D eigenvalue weighted by Crippen LogP contribution is 2.13. The van der Waals surface area contributed by atoms with Gasteiger partial charge in [-0.05, 0) is 36.6 Å². The van der Waals surface area contributed by atoms with Crippen molar-refractivity contribution in [3.8, 4) is 0 Å². The van der Waals surface area contributed by atoms with Crippen molar-refractivity contribution >= 4 is 17.5 Å². The fourth-order valence-electron chi connectivity index (χ4n) is 1.64. The van der Waals surface area contributed by atoms with E-state index < -0.39 is 0 Å². The van der Waals surface area contributed by atoms with E-state index in [9.17, 15) is 4.79 Å². The molecule has 82 valence electrons. The number of hydrogen-bond acceptors (Lipinski definition) is 3. The summed E-state index contributed by atoms with van der Waals surface area (Å²) in [5, 5.41) is 2.15. The van der Waals surface area contributed by atoms with Gasteiger partial charge >= 0.3 is 5.91 Å². The molecule has 1 aromatic heterocycles. The van der Waals surface area contributed by atoms with Gasteiger partial charge in [-0.25, -0.2) is 5.01 Å². The van der Waals surface area contributed by atoms with E-state index in [-0.39, 0.29) is 16.9 Å². The third-order valence-corrected chi connectivity index (χ3v) is 2.62. The molecule has 0 bridgehead atoms. The van der Waals surface area contributed by atoms with Gasteiger partial charge in [-0.1, -0.05) is 6.42 Å². The molecule has 1 N–H and O–H groups in total. The average molecular weight is 229 g/mol. The second-order valence-electron chi connectivity index (χ2n) is 3.59. The van der Waals surface area contributed by atoms with Crippen LogP contribution in [0.15, 0.2) is 16.5 Å². The summed E-state index contributed by atoms with van der Waals surface area (Å²) in [4.78, 5) is 11.6. The predicted octanol–water partition coefficient (Wildman–Crippen LogP) is 2.06. The Labute approximate surface area is 93.2 Å². The standard InChI is InChI=1S/C10H13ClN2O2/c11-9-5-4-8(15-9)10(14)12-13-6-2-1-3-7-13/h4-5H,1-3,6-7H2,(H,12,14). The van der Waals surface area contributed by atoms with Crippen LogP contribution in [0.4, 0.5) is 0 Å². The summed E-state index contributed by atoms with van der Waals surface area (Å²) in [6.07, 6.45) is 3.48. The summed E-state index contributed by atoms with van der Waals surface area (Å²) in [5.41, 5.74) is 2.79. The fourth-order valence-corrected chi connectivity index (χ4v) is 1.79. The van der Waals surface area contributed by atoms with Gasteiger partial charge in [0.2, 0.25) is 0 Å². The zero-order valence-electron chi connectivity index (χ0n) is 8.33. The topological polar surface area (TPSA) is 45.5 Å². The van der Waals surface area contributed by atoms with Crippen LogP contribution in [-0.2, 0) is 0 Å². The molecule has 1 aliphatic rings.